The maximum Gasteiger partial charge on any atom is 0.0340 e. The van der Waals surface area contributed by atoms with Crippen molar-refractivity contribution in [2.75, 3.05) is 39.3 Å². The van der Waals surface area contributed by atoms with Gasteiger partial charge in [-0.3, -0.25) is 4.90 Å². The highest BCUT2D eigenvalue weighted by molar-refractivity contribution is 5.02. The van der Waals surface area contributed by atoms with Crippen LogP contribution in [0.5, 0.6) is 0 Å². The summed E-state index contributed by atoms with van der Waals surface area (Å²) in [6.45, 7) is 18.8. The van der Waals surface area contributed by atoms with Crippen LogP contribution in [0.1, 0.15) is 53.9 Å². The van der Waals surface area contributed by atoms with Crippen LogP contribution in [-0.2, 0) is 0 Å². The summed E-state index contributed by atoms with van der Waals surface area (Å²) in [6.07, 6.45) is 3.91. The van der Waals surface area contributed by atoms with Crippen LogP contribution in [0.2, 0.25) is 0 Å². The van der Waals surface area contributed by atoms with Gasteiger partial charge in [0.1, 0.15) is 0 Å². The molecule has 2 N–H and O–H groups in total. The molecule has 0 aromatic heterocycles. The number of piperazine rings is 1. The van der Waals surface area contributed by atoms with Gasteiger partial charge in [-0.15, -0.1) is 0 Å². The Labute approximate surface area is 132 Å². The second-order valence-corrected chi connectivity index (χ2v) is 8.96. The third-order valence-electron chi connectivity index (χ3n) is 5.48. The maximum atomic E-state index is 6.31. The Morgan fingerprint density at radius 3 is 2.19 bits per heavy atom. The molecule has 1 saturated heterocycles. The number of rotatable bonds is 4. The van der Waals surface area contributed by atoms with Crippen LogP contribution in [0.15, 0.2) is 0 Å². The first kappa shape index (κ1) is 17.2. The molecule has 2 atom stereocenters. The summed E-state index contributed by atoms with van der Waals surface area (Å²) in [5.74, 6) is 1.57. The van der Waals surface area contributed by atoms with E-state index in [0.717, 1.165) is 18.4 Å². The van der Waals surface area contributed by atoms with Gasteiger partial charge in [-0.25, -0.2) is 0 Å². The van der Waals surface area contributed by atoms with E-state index in [1.54, 1.807) is 0 Å². The molecule has 3 nitrogen and oxygen atoms in total. The first-order valence-electron chi connectivity index (χ1n) is 8.94. The van der Waals surface area contributed by atoms with Crippen LogP contribution in [0.4, 0.5) is 0 Å². The lowest BCUT2D eigenvalue weighted by Crippen LogP contribution is -2.63. The van der Waals surface area contributed by atoms with Gasteiger partial charge >= 0.3 is 0 Å². The molecule has 1 saturated carbocycles. The van der Waals surface area contributed by atoms with Crippen LogP contribution in [0.25, 0.3) is 0 Å². The Bertz CT molecular complexity index is 331. The Morgan fingerprint density at radius 2 is 1.71 bits per heavy atom. The van der Waals surface area contributed by atoms with Crippen LogP contribution in [0.3, 0.4) is 0 Å². The molecular weight excluding hydrogens is 258 g/mol. The highest BCUT2D eigenvalue weighted by Crippen LogP contribution is 2.46. The van der Waals surface area contributed by atoms with Crippen LogP contribution < -0.4 is 5.73 Å². The van der Waals surface area contributed by atoms with E-state index < -0.39 is 0 Å². The monoisotopic (exact) mass is 295 g/mol. The molecule has 0 amide bonds. The van der Waals surface area contributed by atoms with Gasteiger partial charge in [0.05, 0.1) is 0 Å². The molecule has 2 aliphatic rings. The van der Waals surface area contributed by atoms with Gasteiger partial charge < -0.3 is 10.6 Å². The molecule has 1 heterocycles. The summed E-state index contributed by atoms with van der Waals surface area (Å²) in [5.41, 5.74) is 7.00. The SMILES string of the molecule is CC(C)CN1CCN(C2(CN)CC(C)CC(C)(C)C2)CC1. The molecule has 0 aromatic carbocycles. The normalized spacial score (nSPS) is 35.3. The molecule has 1 aliphatic heterocycles. The van der Waals surface area contributed by atoms with Crippen molar-refractivity contribution >= 4 is 0 Å². The molecule has 2 unspecified atom stereocenters. The first-order chi connectivity index (χ1) is 9.76. The average Bonchev–Trinajstić information content (AvgIpc) is 2.36. The zero-order valence-corrected chi connectivity index (χ0v) is 15.0. The lowest BCUT2D eigenvalue weighted by molar-refractivity contribution is -0.0365. The summed E-state index contributed by atoms with van der Waals surface area (Å²) < 4.78 is 0. The quantitative estimate of drug-likeness (QED) is 0.865. The van der Waals surface area contributed by atoms with Crippen molar-refractivity contribution in [1.82, 2.24) is 9.80 Å². The Morgan fingerprint density at radius 1 is 1.10 bits per heavy atom. The number of hydrogen-bond donors (Lipinski definition) is 1. The molecule has 2 rings (SSSR count). The summed E-state index contributed by atoms with van der Waals surface area (Å²) in [6, 6.07) is 0. The Balaban J connectivity index is 2.02. The van der Waals surface area contributed by atoms with Crippen molar-refractivity contribution in [2.45, 2.75) is 59.4 Å². The van der Waals surface area contributed by atoms with Gasteiger partial charge in [-0.05, 0) is 36.5 Å². The Kier molecular flexibility index (Phi) is 5.38. The summed E-state index contributed by atoms with van der Waals surface area (Å²) in [5, 5.41) is 0. The van der Waals surface area contributed by atoms with E-state index in [1.165, 1.54) is 52.0 Å². The highest BCUT2D eigenvalue weighted by Gasteiger charge is 2.46. The third kappa shape index (κ3) is 4.20. The van der Waals surface area contributed by atoms with Crippen LogP contribution >= 0.6 is 0 Å². The molecule has 21 heavy (non-hydrogen) atoms. The minimum atomic E-state index is 0.255. The molecule has 124 valence electrons. The van der Waals surface area contributed by atoms with E-state index in [4.69, 9.17) is 5.73 Å². The van der Waals surface area contributed by atoms with Gasteiger partial charge in [0, 0.05) is 44.8 Å². The fraction of sp³-hybridized carbons (Fsp3) is 1.00. The number of hydrogen-bond acceptors (Lipinski definition) is 3. The van der Waals surface area contributed by atoms with E-state index in [0.29, 0.717) is 5.41 Å². The Hall–Kier alpha value is -0.120. The van der Waals surface area contributed by atoms with Gasteiger partial charge in [-0.1, -0.05) is 34.6 Å². The van der Waals surface area contributed by atoms with Crippen molar-refractivity contribution in [3.63, 3.8) is 0 Å². The van der Waals surface area contributed by atoms with Crippen molar-refractivity contribution < 1.29 is 0 Å². The van der Waals surface area contributed by atoms with E-state index in [1.807, 2.05) is 0 Å². The molecule has 3 heteroatoms. The van der Waals surface area contributed by atoms with Gasteiger partial charge in [-0.2, -0.15) is 0 Å². The van der Waals surface area contributed by atoms with Crippen molar-refractivity contribution in [1.29, 1.82) is 0 Å². The van der Waals surface area contributed by atoms with Crippen molar-refractivity contribution in [2.24, 2.45) is 23.0 Å². The first-order valence-corrected chi connectivity index (χ1v) is 8.94. The molecule has 2 fully saturated rings. The number of nitrogens with zero attached hydrogens (tertiary/aromatic N) is 2. The second kappa shape index (κ2) is 6.55. The fourth-order valence-electron chi connectivity index (χ4n) is 5.15. The smallest absolute Gasteiger partial charge is 0.0340 e. The van der Waals surface area contributed by atoms with Gasteiger partial charge in [0.2, 0.25) is 0 Å². The summed E-state index contributed by atoms with van der Waals surface area (Å²) in [4.78, 5) is 5.37. The van der Waals surface area contributed by atoms with E-state index in [9.17, 15) is 0 Å². The minimum absolute atomic E-state index is 0.255. The fourth-order valence-corrected chi connectivity index (χ4v) is 5.15. The molecule has 0 spiro atoms. The van der Waals surface area contributed by atoms with Crippen molar-refractivity contribution in [3.05, 3.63) is 0 Å². The lowest BCUT2D eigenvalue weighted by atomic mass is 9.63. The minimum Gasteiger partial charge on any atom is -0.329 e. The predicted octanol–water partition coefficient (Wildman–Crippen LogP) is 2.80. The van der Waals surface area contributed by atoms with Crippen molar-refractivity contribution in [3.8, 4) is 0 Å². The molecule has 1 aliphatic carbocycles. The van der Waals surface area contributed by atoms with Crippen LogP contribution in [-0.4, -0.2) is 54.6 Å². The third-order valence-corrected chi connectivity index (χ3v) is 5.48. The van der Waals surface area contributed by atoms with E-state index in [-0.39, 0.29) is 5.54 Å². The summed E-state index contributed by atoms with van der Waals surface area (Å²) in [7, 11) is 0. The van der Waals surface area contributed by atoms with E-state index in [2.05, 4.69) is 44.4 Å². The van der Waals surface area contributed by atoms with Gasteiger partial charge in [0.25, 0.3) is 0 Å². The van der Waals surface area contributed by atoms with Crippen LogP contribution in [0, 0.1) is 17.3 Å². The molecular formula is C18H37N3. The molecule has 0 bridgehead atoms. The predicted molar refractivity (Wildman–Crippen MR) is 91.4 cm³/mol. The number of nitrogens with two attached hydrogens (primary N) is 1. The lowest BCUT2D eigenvalue weighted by Gasteiger charge is -2.55. The zero-order valence-electron chi connectivity index (χ0n) is 15.0. The molecule has 0 radical (unpaired) electrons. The van der Waals surface area contributed by atoms with Gasteiger partial charge in [0.15, 0.2) is 0 Å². The maximum absolute atomic E-state index is 6.31. The summed E-state index contributed by atoms with van der Waals surface area (Å²) >= 11 is 0. The largest absolute Gasteiger partial charge is 0.329 e. The standard InChI is InChI=1S/C18H37N3/c1-15(2)12-20-6-8-21(9-7-20)18(14-19)11-16(3)10-17(4,5)13-18/h15-16H,6-14,19H2,1-5H3. The molecule has 0 aromatic rings. The van der Waals surface area contributed by atoms with E-state index >= 15 is 0 Å². The topological polar surface area (TPSA) is 32.5 Å². The second-order valence-electron chi connectivity index (χ2n) is 8.96. The highest BCUT2D eigenvalue weighted by atomic mass is 15.3. The average molecular weight is 296 g/mol. The zero-order chi connectivity index (χ0) is 15.7.